The molecule has 2 saturated carbocycles. The summed E-state index contributed by atoms with van der Waals surface area (Å²) in [5.74, 6) is 0.0740. The second-order valence-electron chi connectivity index (χ2n) is 6.91. The third-order valence-electron chi connectivity index (χ3n) is 5.55. The van der Waals surface area contributed by atoms with Gasteiger partial charge in [0.2, 0.25) is 0 Å². The van der Waals surface area contributed by atoms with Gasteiger partial charge in [-0.2, -0.15) is 0 Å². The maximum atomic E-state index is 12.0. The number of hydrogen-bond donors (Lipinski definition) is 0. The highest BCUT2D eigenvalue weighted by molar-refractivity contribution is 5.72. The highest BCUT2D eigenvalue weighted by atomic mass is 16.6. The Bertz CT molecular complexity index is 396. The third kappa shape index (κ3) is 2.48. The van der Waals surface area contributed by atoms with Crippen LogP contribution in [0.15, 0.2) is 0 Å². The molecule has 0 aromatic heterocycles. The van der Waals surface area contributed by atoms with Crippen LogP contribution in [0.1, 0.15) is 57.8 Å². The maximum Gasteiger partial charge on any atom is 0.309 e. The van der Waals surface area contributed by atoms with Gasteiger partial charge in [0, 0.05) is 0 Å². The Hall–Kier alpha value is -0.610. The van der Waals surface area contributed by atoms with Crippen molar-refractivity contribution in [3.63, 3.8) is 0 Å². The summed E-state index contributed by atoms with van der Waals surface area (Å²) in [4.78, 5) is 12.0. The van der Waals surface area contributed by atoms with Crippen molar-refractivity contribution >= 4 is 5.97 Å². The molecule has 4 aliphatic rings. The largest absolute Gasteiger partial charge is 0.465 e. The van der Waals surface area contributed by atoms with Crippen LogP contribution in [-0.4, -0.2) is 36.5 Å². The lowest BCUT2D eigenvalue weighted by Gasteiger charge is -2.19. The lowest BCUT2D eigenvalue weighted by molar-refractivity contribution is -0.149. The molecule has 5 unspecified atom stereocenters. The summed E-state index contributed by atoms with van der Waals surface area (Å²) in [5.41, 5.74) is 0.171. The second kappa shape index (κ2) is 4.99. The van der Waals surface area contributed by atoms with E-state index in [2.05, 4.69) is 0 Å². The lowest BCUT2D eigenvalue weighted by Crippen LogP contribution is -2.25. The molecule has 2 heterocycles. The van der Waals surface area contributed by atoms with Gasteiger partial charge in [-0.25, -0.2) is 0 Å². The fraction of sp³-hybridized carbons (Fsp3) is 0.938. The van der Waals surface area contributed by atoms with E-state index in [1.54, 1.807) is 0 Å². The summed E-state index contributed by atoms with van der Waals surface area (Å²) >= 11 is 0. The number of rotatable bonds is 5. The van der Waals surface area contributed by atoms with Gasteiger partial charge in [0.25, 0.3) is 0 Å². The monoisotopic (exact) mass is 280 g/mol. The zero-order chi connectivity index (χ0) is 13.6. The van der Waals surface area contributed by atoms with Crippen molar-refractivity contribution in [3.05, 3.63) is 0 Å². The van der Waals surface area contributed by atoms with Crippen LogP contribution in [-0.2, 0) is 19.0 Å². The van der Waals surface area contributed by atoms with Crippen molar-refractivity contribution in [2.75, 3.05) is 6.61 Å². The minimum Gasteiger partial charge on any atom is -0.465 e. The molecule has 0 spiro atoms. The van der Waals surface area contributed by atoms with Gasteiger partial charge in [0.15, 0.2) is 0 Å². The molecule has 5 atom stereocenters. The lowest BCUT2D eigenvalue weighted by atomic mass is 9.86. The van der Waals surface area contributed by atoms with Crippen LogP contribution in [0, 0.1) is 5.92 Å². The van der Waals surface area contributed by atoms with Crippen LogP contribution in [0.5, 0.6) is 0 Å². The molecule has 2 saturated heterocycles. The first-order chi connectivity index (χ1) is 9.77. The number of fused-ring (bicyclic) bond motifs is 2. The summed E-state index contributed by atoms with van der Waals surface area (Å²) in [6.07, 6.45) is 11.2. The fourth-order valence-electron chi connectivity index (χ4n) is 4.17. The van der Waals surface area contributed by atoms with Crippen LogP contribution in [0.25, 0.3) is 0 Å². The summed E-state index contributed by atoms with van der Waals surface area (Å²) in [6, 6.07) is 0. The molecule has 0 N–H and O–H groups in total. The third-order valence-corrected chi connectivity index (χ3v) is 5.55. The van der Waals surface area contributed by atoms with E-state index in [-0.39, 0.29) is 17.5 Å². The van der Waals surface area contributed by atoms with Crippen molar-refractivity contribution in [3.8, 4) is 0 Å². The number of ether oxygens (including phenoxy) is 3. The van der Waals surface area contributed by atoms with E-state index in [0.29, 0.717) is 24.9 Å². The number of epoxide rings is 2. The van der Waals surface area contributed by atoms with Gasteiger partial charge >= 0.3 is 5.97 Å². The quantitative estimate of drug-likeness (QED) is 0.441. The van der Waals surface area contributed by atoms with Gasteiger partial charge in [-0.15, -0.1) is 0 Å². The van der Waals surface area contributed by atoms with E-state index in [1.165, 1.54) is 25.7 Å². The van der Waals surface area contributed by atoms with Gasteiger partial charge in [-0.3, -0.25) is 4.79 Å². The zero-order valence-electron chi connectivity index (χ0n) is 12.0. The molecule has 2 aliphatic carbocycles. The number of hydrogen-bond acceptors (Lipinski definition) is 4. The molecule has 0 radical (unpaired) electrons. The van der Waals surface area contributed by atoms with Crippen LogP contribution < -0.4 is 0 Å². The molecule has 0 amide bonds. The van der Waals surface area contributed by atoms with Gasteiger partial charge in [-0.1, -0.05) is 12.8 Å². The predicted molar refractivity (Wildman–Crippen MR) is 72.3 cm³/mol. The molecular formula is C16H24O4. The van der Waals surface area contributed by atoms with Crippen molar-refractivity contribution in [1.29, 1.82) is 0 Å². The SMILES string of the molecule is O=C(OCCCC12CCCCC1O2)C1CCC2OC2C1. The smallest absolute Gasteiger partial charge is 0.309 e. The van der Waals surface area contributed by atoms with Crippen LogP contribution in [0.2, 0.25) is 0 Å². The summed E-state index contributed by atoms with van der Waals surface area (Å²) < 4.78 is 16.8. The van der Waals surface area contributed by atoms with Crippen LogP contribution in [0.4, 0.5) is 0 Å². The average Bonchev–Trinajstić information content (AvgIpc) is 3.35. The molecule has 20 heavy (non-hydrogen) atoms. The first-order valence-electron chi connectivity index (χ1n) is 8.27. The van der Waals surface area contributed by atoms with Gasteiger partial charge in [0.05, 0.1) is 36.4 Å². The normalized spacial score (nSPS) is 45.2. The topological polar surface area (TPSA) is 51.4 Å². The van der Waals surface area contributed by atoms with Crippen LogP contribution >= 0.6 is 0 Å². The first kappa shape index (κ1) is 13.1. The van der Waals surface area contributed by atoms with Gasteiger partial charge in [0.1, 0.15) is 0 Å². The van der Waals surface area contributed by atoms with Crippen molar-refractivity contribution < 1.29 is 19.0 Å². The molecule has 112 valence electrons. The summed E-state index contributed by atoms with van der Waals surface area (Å²) in [6.45, 7) is 0.558. The minimum atomic E-state index is -0.00615. The predicted octanol–water partition coefficient (Wildman–Crippen LogP) is 2.59. The Morgan fingerprint density at radius 3 is 3.00 bits per heavy atom. The highest BCUT2D eigenvalue weighted by Crippen LogP contribution is 2.50. The Balaban J connectivity index is 1.15. The number of carbonyl (C=O) groups excluding carboxylic acids is 1. The number of esters is 1. The average molecular weight is 280 g/mol. The van der Waals surface area contributed by atoms with Crippen molar-refractivity contribution in [2.45, 2.75) is 81.7 Å². The van der Waals surface area contributed by atoms with Crippen LogP contribution in [0.3, 0.4) is 0 Å². The van der Waals surface area contributed by atoms with Gasteiger partial charge < -0.3 is 14.2 Å². The molecule has 4 fully saturated rings. The molecule has 4 heteroatoms. The molecular weight excluding hydrogens is 256 g/mol. The van der Waals surface area contributed by atoms with Gasteiger partial charge in [-0.05, 0) is 44.9 Å². The molecule has 0 aromatic carbocycles. The maximum absolute atomic E-state index is 12.0. The minimum absolute atomic E-state index is 0.00615. The summed E-state index contributed by atoms with van der Waals surface area (Å²) in [5, 5.41) is 0. The standard InChI is InChI=1S/C16H24O4/c17-15(11-5-6-12-13(10-11)19-12)18-9-3-8-16-7-2-1-4-14(16)20-16/h11-14H,1-10H2. The van der Waals surface area contributed by atoms with E-state index in [1.807, 2.05) is 0 Å². The van der Waals surface area contributed by atoms with E-state index < -0.39 is 0 Å². The molecule has 4 rings (SSSR count). The van der Waals surface area contributed by atoms with E-state index >= 15 is 0 Å². The van der Waals surface area contributed by atoms with Crippen molar-refractivity contribution in [2.24, 2.45) is 5.92 Å². The summed E-state index contributed by atoms with van der Waals surface area (Å²) in [7, 11) is 0. The molecule has 4 nitrogen and oxygen atoms in total. The second-order valence-corrected chi connectivity index (χ2v) is 6.91. The van der Waals surface area contributed by atoms with E-state index in [0.717, 1.165) is 32.1 Å². The highest BCUT2D eigenvalue weighted by Gasteiger charge is 2.56. The van der Waals surface area contributed by atoms with Crippen molar-refractivity contribution in [1.82, 2.24) is 0 Å². The Morgan fingerprint density at radius 2 is 2.15 bits per heavy atom. The Labute approximate surface area is 120 Å². The molecule has 0 aromatic rings. The molecule has 2 aliphatic heterocycles. The fourth-order valence-corrected chi connectivity index (χ4v) is 4.17. The number of carbonyl (C=O) groups is 1. The van der Waals surface area contributed by atoms with E-state index in [4.69, 9.17) is 14.2 Å². The van der Waals surface area contributed by atoms with E-state index in [9.17, 15) is 4.79 Å². The Morgan fingerprint density at radius 1 is 1.20 bits per heavy atom. The first-order valence-corrected chi connectivity index (χ1v) is 8.27. The Kier molecular flexibility index (Phi) is 3.26. The molecule has 0 bridgehead atoms. The zero-order valence-corrected chi connectivity index (χ0v) is 12.0.